The van der Waals surface area contributed by atoms with Crippen molar-refractivity contribution in [2.45, 2.75) is 40.7 Å². The zero-order valence-electron chi connectivity index (χ0n) is 11.7. The van der Waals surface area contributed by atoms with E-state index >= 15 is 0 Å². The Hall–Kier alpha value is -1.82. The number of rotatable bonds is 3. The van der Waals surface area contributed by atoms with Gasteiger partial charge in [-0.05, 0) is 45.7 Å². The zero-order valence-corrected chi connectivity index (χ0v) is 11.7. The van der Waals surface area contributed by atoms with Crippen LogP contribution in [0.5, 0.6) is 0 Å². The van der Waals surface area contributed by atoms with E-state index < -0.39 is 0 Å². The SMILES string of the molecule is Cc1cc(C)c(C(=O)N(CC#N)C(C)C)c(C)c1. The van der Waals surface area contributed by atoms with Crippen molar-refractivity contribution in [2.75, 3.05) is 6.54 Å². The Morgan fingerprint density at radius 3 is 2.17 bits per heavy atom. The first-order valence-corrected chi connectivity index (χ1v) is 6.14. The quantitative estimate of drug-likeness (QED) is 0.767. The number of carbonyl (C=O) groups is 1. The molecular formula is C15H20N2O. The molecule has 0 N–H and O–H groups in total. The van der Waals surface area contributed by atoms with Crippen LogP contribution in [0.25, 0.3) is 0 Å². The Labute approximate surface area is 109 Å². The van der Waals surface area contributed by atoms with Crippen LogP contribution in [-0.4, -0.2) is 23.4 Å². The lowest BCUT2D eigenvalue weighted by atomic mass is 9.98. The van der Waals surface area contributed by atoms with Gasteiger partial charge in [0.2, 0.25) is 0 Å². The number of amides is 1. The normalized spacial score (nSPS) is 10.3. The van der Waals surface area contributed by atoms with Crippen molar-refractivity contribution in [3.8, 4) is 6.07 Å². The highest BCUT2D eigenvalue weighted by Crippen LogP contribution is 2.19. The summed E-state index contributed by atoms with van der Waals surface area (Å²) in [6.07, 6.45) is 0. The summed E-state index contributed by atoms with van der Waals surface area (Å²) >= 11 is 0. The lowest BCUT2D eigenvalue weighted by Crippen LogP contribution is -2.38. The molecule has 0 aliphatic carbocycles. The summed E-state index contributed by atoms with van der Waals surface area (Å²) in [7, 11) is 0. The van der Waals surface area contributed by atoms with E-state index in [2.05, 4.69) is 6.07 Å². The maximum absolute atomic E-state index is 12.5. The highest BCUT2D eigenvalue weighted by molar-refractivity contribution is 5.97. The summed E-state index contributed by atoms with van der Waals surface area (Å²) in [5, 5.41) is 8.82. The van der Waals surface area contributed by atoms with Crippen LogP contribution in [0, 0.1) is 32.1 Å². The minimum atomic E-state index is -0.0541. The molecule has 1 aromatic rings. The number of nitriles is 1. The minimum Gasteiger partial charge on any atom is -0.323 e. The van der Waals surface area contributed by atoms with Gasteiger partial charge in [0.25, 0.3) is 5.91 Å². The van der Waals surface area contributed by atoms with Gasteiger partial charge in [0.1, 0.15) is 6.54 Å². The van der Waals surface area contributed by atoms with Gasteiger partial charge in [-0.25, -0.2) is 0 Å². The third-order valence-corrected chi connectivity index (χ3v) is 3.02. The molecule has 3 heteroatoms. The summed E-state index contributed by atoms with van der Waals surface area (Å²) in [5.41, 5.74) is 3.82. The van der Waals surface area contributed by atoms with Crippen LogP contribution in [0.2, 0.25) is 0 Å². The molecule has 0 saturated heterocycles. The topological polar surface area (TPSA) is 44.1 Å². The average Bonchev–Trinajstić information content (AvgIpc) is 2.23. The molecule has 0 fully saturated rings. The molecule has 1 rings (SSSR count). The van der Waals surface area contributed by atoms with Gasteiger partial charge in [-0.3, -0.25) is 4.79 Å². The van der Waals surface area contributed by atoms with E-state index in [1.807, 2.05) is 46.8 Å². The van der Waals surface area contributed by atoms with Crippen molar-refractivity contribution in [3.05, 3.63) is 34.4 Å². The van der Waals surface area contributed by atoms with Gasteiger partial charge in [0.15, 0.2) is 0 Å². The third kappa shape index (κ3) is 2.89. The van der Waals surface area contributed by atoms with Gasteiger partial charge in [0.05, 0.1) is 6.07 Å². The molecule has 0 spiro atoms. The van der Waals surface area contributed by atoms with E-state index in [0.29, 0.717) is 0 Å². The van der Waals surface area contributed by atoms with Crippen LogP contribution in [-0.2, 0) is 0 Å². The maximum atomic E-state index is 12.5. The lowest BCUT2D eigenvalue weighted by molar-refractivity contribution is 0.0730. The van der Waals surface area contributed by atoms with E-state index in [1.54, 1.807) is 4.90 Å². The molecule has 1 amide bonds. The van der Waals surface area contributed by atoms with Crippen LogP contribution in [0.3, 0.4) is 0 Å². The van der Waals surface area contributed by atoms with Crippen LogP contribution >= 0.6 is 0 Å². The van der Waals surface area contributed by atoms with Crippen molar-refractivity contribution in [3.63, 3.8) is 0 Å². The standard InChI is InChI=1S/C15H20N2O/c1-10(2)17(7-6-16)15(18)14-12(4)8-11(3)9-13(14)5/h8-10H,7H2,1-5H3. The van der Waals surface area contributed by atoms with Gasteiger partial charge < -0.3 is 4.90 Å². The molecule has 0 aliphatic heterocycles. The molecule has 18 heavy (non-hydrogen) atoms. The fraction of sp³-hybridized carbons (Fsp3) is 0.467. The van der Waals surface area contributed by atoms with Gasteiger partial charge in [-0.15, -0.1) is 0 Å². The number of nitrogens with zero attached hydrogens (tertiary/aromatic N) is 2. The second-order valence-corrected chi connectivity index (χ2v) is 4.96. The highest BCUT2D eigenvalue weighted by atomic mass is 16.2. The molecule has 0 unspecified atom stereocenters. The Bertz CT molecular complexity index is 475. The van der Waals surface area contributed by atoms with Crippen molar-refractivity contribution < 1.29 is 4.79 Å². The summed E-state index contributed by atoms with van der Waals surface area (Å²) in [4.78, 5) is 14.1. The predicted octanol–water partition coefficient (Wildman–Crippen LogP) is 2.99. The molecule has 3 nitrogen and oxygen atoms in total. The molecule has 0 aliphatic rings. The maximum Gasteiger partial charge on any atom is 0.255 e. The molecule has 1 aromatic carbocycles. The van der Waals surface area contributed by atoms with Crippen LogP contribution in [0.4, 0.5) is 0 Å². The largest absolute Gasteiger partial charge is 0.323 e. The molecule has 0 atom stereocenters. The number of benzene rings is 1. The lowest BCUT2D eigenvalue weighted by Gasteiger charge is -2.25. The Kier molecular flexibility index (Phi) is 4.49. The number of aryl methyl sites for hydroxylation is 3. The van der Waals surface area contributed by atoms with Gasteiger partial charge in [-0.1, -0.05) is 17.7 Å². The van der Waals surface area contributed by atoms with Crippen LogP contribution in [0.15, 0.2) is 12.1 Å². The highest BCUT2D eigenvalue weighted by Gasteiger charge is 2.21. The second-order valence-electron chi connectivity index (χ2n) is 4.96. The molecule has 0 aromatic heterocycles. The van der Waals surface area contributed by atoms with Crippen LogP contribution in [0.1, 0.15) is 40.9 Å². The molecule has 96 valence electrons. The summed E-state index contributed by atoms with van der Waals surface area (Å²) in [6, 6.07) is 6.09. The zero-order chi connectivity index (χ0) is 13.9. The van der Waals surface area contributed by atoms with Gasteiger partial charge >= 0.3 is 0 Å². The van der Waals surface area contributed by atoms with E-state index in [9.17, 15) is 4.79 Å². The summed E-state index contributed by atoms with van der Waals surface area (Å²) in [5.74, 6) is -0.0541. The van der Waals surface area contributed by atoms with Crippen molar-refractivity contribution in [2.24, 2.45) is 0 Å². The fourth-order valence-corrected chi connectivity index (χ4v) is 2.23. The van der Waals surface area contributed by atoms with Crippen molar-refractivity contribution in [1.82, 2.24) is 4.90 Å². The molecule has 0 bridgehead atoms. The Morgan fingerprint density at radius 1 is 1.28 bits per heavy atom. The molecule has 0 radical (unpaired) electrons. The van der Waals surface area contributed by atoms with E-state index in [0.717, 1.165) is 22.3 Å². The van der Waals surface area contributed by atoms with Gasteiger partial charge in [0, 0.05) is 11.6 Å². The molecule has 0 heterocycles. The number of hydrogen-bond acceptors (Lipinski definition) is 2. The van der Waals surface area contributed by atoms with Gasteiger partial charge in [-0.2, -0.15) is 5.26 Å². The first-order chi connectivity index (χ1) is 8.38. The van der Waals surface area contributed by atoms with Crippen molar-refractivity contribution >= 4 is 5.91 Å². The first kappa shape index (κ1) is 14.2. The molecular weight excluding hydrogens is 224 g/mol. The summed E-state index contributed by atoms with van der Waals surface area (Å²) in [6.45, 7) is 9.88. The smallest absolute Gasteiger partial charge is 0.255 e. The predicted molar refractivity (Wildman–Crippen MR) is 72.4 cm³/mol. The number of carbonyl (C=O) groups excluding carboxylic acids is 1. The Balaban J connectivity index is 3.22. The van der Waals surface area contributed by atoms with Crippen molar-refractivity contribution in [1.29, 1.82) is 5.26 Å². The van der Waals surface area contributed by atoms with Crippen LogP contribution < -0.4 is 0 Å². The number of hydrogen-bond donors (Lipinski definition) is 0. The Morgan fingerprint density at radius 2 is 1.78 bits per heavy atom. The van der Waals surface area contributed by atoms with E-state index in [-0.39, 0.29) is 18.5 Å². The minimum absolute atomic E-state index is 0.0252. The first-order valence-electron chi connectivity index (χ1n) is 6.14. The monoisotopic (exact) mass is 244 g/mol. The fourth-order valence-electron chi connectivity index (χ4n) is 2.23. The third-order valence-electron chi connectivity index (χ3n) is 3.02. The van der Waals surface area contributed by atoms with E-state index in [1.165, 1.54) is 0 Å². The molecule has 0 saturated carbocycles. The average molecular weight is 244 g/mol. The second kappa shape index (κ2) is 5.68. The summed E-state index contributed by atoms with van der Waals surface area (Å²) < 4.78 is 0. The van der Waals surface area contributed by atoms with E-state index in [4.69, 9.17) is 5.26 Å².